The number of imide groups is 1. The maximum atomic E-state index is 13.2. The summed E-state index contributed by atoms with van der Waals surface area (Å²) < 4.78 is 1.19. The van der Waals surface area contributed by atoms with E-state index in [2.05, 4.69) is 45.3 Å². The van der Waals surface area contributed by atoms with Gasteiger partial charge >= 0.3 is 6.03 Å². The van der Waals surface area contributed by atoms with Crippen molar-refractivity contribution < 1.29 is 9.59 Å². The van der Waals surface area contributed by atoms with Crippen molar-refractivity contribution in [2.24, 2.45) is 0 Å². The highest BCUT2D eigenvalue weighted by Crippen LogP contribution is 2.34. The van der Waals surface area contributed by atoms with Gasteiger partial charge < -0.3 is 5.32 Å². The Morgan fingerprint density at radius 2 is 1.97 bits per heavy atom. The second-order valence-electron chi connectivity index (χ2n) is 8.50. The molecule has 1 N–H and O–H groups in total. The normalized spacial score (nSPS) is 19.9. The van der Waals surface area contributed by atoms with Gasteiger partial charge in [0.15, 0.2) is 0 Å². The number of thiazole rings is 1. The minimum atomic E-state index is -0.783. The molecule has 1 spiro atoms. The second-order valence-corrected chi connectivity index (χ2v) is 9.39. The van der Waals surface area contributed by atoms with E-state index in [0.29, 0.717) is 12.8 Å². The van der Waals surface area contributed by atoms with Crippen molar-refractivity contribution in [2.75, 3.05) is 13.1 Å². The van der Waals surface area contributed by atoms with Gasteiger partial charge in [-0.1, -0.05) is 6.07 Å². The number of fused-ring (bicyclic) bond motifs is 1. The van der Waals surface area contributed by atoms with Crippen LogP contribution in [0.1, 0.15) is 42.6 Å². The van der Waals surface area contributed by atoms with E-state index in [1.807, 2.05) is 24.6 Å². The van der Waals surface area contributed by atoms with E-state index in [0.717, 1.165) is 29.9 Å². The van der Waals surface area contributed by atoms with E-state index in [4.69, 9.17) is 0 Å². The molecule has 3 aromatic rings. The SMILES string of the molecule is Cc1cc(CN2C(=O)NC3(CCN([C@@H](C)c4ccc5scnc5c4)CC3)C2=O)ccn1. The maximum absolute atomic E-state index is 13.2. The molecule has 0 unspecified atom stereocenters. The fourth-order valence-corrected chi connectivity index (χ4v) is 5.34. The van der Waals surface area contributed by atoms with E-state index < -0.39 is 5.54 Å². The van der Waals surface area contributed by atoms with Crippen LogP contribution in [0, 0.1) is 6.92 Å². The summed E-state index contributed by atoms with van der Waals surface area (Å²) in [5.41, 5.74) is 5.13. The quantitative estimate of drug-likeness (QED) is 0.633. The number of rotatable bonds is 4. The molecule has 0 radical (unpaired) electrons. The number of likely N-dealkylation sites (tertiary alicyclic amines) is 1. The summed E-state index contributed by atoms with van der Waals surface area (Å²) in [7, 11) is 0. The Bertz CT molecular complexity index is 1150. The molecule has 2 aromatic heterocycles. The first-order chi connectivity index (χ1) is 14.9. The average molecular weight is 436 g/mol. The largest absolute Gasteiger partial charge is 0.325 e. The molecule has 2 aliphatic rings. The number of piperidine rings is 1. The smallest absolute Gasteiger partial charge is 0.323 e. The maximum Gasteiger partial charge on any atom is 0.325 e. The molecule has 1 atom stereocenters. The van der Waals surface area contributed by atoms with Crippen molar-refractivity contribution in [2.45, 2.75) is 44.8 Å². The van der Waals surface area contributed by atoms with Crippen LogP contribution in [-0.2, 0) is 11.3 Å². The van der Waals surface area contributed by atoms with Gasteiger partial charge in [-0.3, -0.25) is 19.6 Å². The summed E-state index contributed by atoms with van der Waals surface area (Å²) in [6.07, 6.45) is 2.95. The van der Waals surface area contributed by atoms with E-state index in [1.54, 1.807) is 17.5 Å². The molecule has 0 aliphatic carbocycles. The zero-order valence-corrected chi connectivity index (χ0v) is 18.5. The van der Waals surface area contributed by atoms with Gasteiger partial charge in [-0.15, -0.1) is 11.3 Å². The number of urea groups is 1. The second kappa shape index (κ2) is 7.69. The standard InChI is InChI=1S/C23H25N5O2S/c1-15-11-17(5-8-24-15)13-28-21(29)23(26-22(28)30)6-9-27(10-7-23)16(2)18-3-4-20-19(12-18)25-14-31-20/h3-5,8,11-12,14,16H,6-7,9-10,13H2,1-2H3,(H,26,30)/t16-/m0/s1. The van der Waals surface area contributed by atoms with Gasteiger partial charge in [-0.25, -0.2) is 9.78 Å². The topological polar surface area (TPSA) is 78.4 Å². The number of aromatic nitrogens is 2. The molecule has 7 nitrogen and oxygen atoms in total. The molecule has 2 aliphatic heterocycles. The molecule has 2 fully saturated rings. The van der Waals surface area contributed by atoms with Crippen LogP contribution in [0.5, 0.6) is 0 Å². The van der Waals surface area contributed by atoms with E-state index in [9.17, 15) is 9.59 Å². The van der Waals surface area contributed by atoms with Crippen LogP contribution in [-0.4, -0.2) is 50.3 Å². The van der Waals surface area contributed by atoms with Gasteiger partial charge in [0, 0.05) is 31.0 Å². The summed E-state index contributed by atoms with van der Waals surface area (Å²) in [6, 6.07) is 10.1. The van der Waals surface area contributed by atoms with Crippen molar-refractivity contribution in [3.8, 4) is 0 Å². The Balaban J connectivity index is 1.27. The Morgan fingerprint density at radius 1 is 1.16 bits per heavy atom. The van der Waals surface area contributed by atoms with Crippen LogP contribution in [0.2, 0.25) is 0 Å². The zero-order chi connectivity index (χ0) is 21.6. The Morgan fingerprint density at radius 3 is 2.74 bits per heavy atom. The number of benzene rings is 1. The van der Waals surface area contributed by atoms with E-state index >= 15 is 0 Å². The fraction of sp³-hybridized carbons (Fsp3) is 0.391. The van der Waals surface area contributed by atoms with Crippen LogP contribution in [0.15, 0.2) is 42.0 Å². The monoisotopic (exact) mass is 435 g/mol. The summed E-state index contributed by atoms with van der Waals surface area (Å²) >= 11 is 1.65. The Kier molecular flexibility index (Phi) is 4.98. The van der Waals surface area contributed by atoms with Crippen LogP contribution in [0.25, 0.3) is 10.2 Å². The Labute approximate surface area is 185 Å². The fourth-order valence-electron chi connectivity index (χ4n) is 4.68. The summed E-state index contributed by atoms with van der Waals surface area (Å²) in [6.45, 7) is 5.89. The number of carbonyl (C=O) groups excluding carboxylic acids is 2. The van der Waals surface area contributed by atoms with Crippen molar-refractivity contribution in [1.29, 1.82) is 0 Å². The minimum absolute atomic E-state index is 0.108. The molecule has 3 amide bonds. The lowest BCUT2D eigenvalue weighted by atomic mass is 9.86. The third-order valence-corrected chi connectivity index (χ3v) is 7.39. The van der Waals surface area contributed by atoms with Crippen LogP contribution >= 0.6 is 11.3 Å². The van der Waals surface area contributed by atoms with Gasteiger partial charge in [0.25, 0.3) is 5.91 Å². The third kappa shape index (κ3) is 3.59. The number of aryl methyl sites for hydroxylation is 1. The van der Waals surface area contributed by atoms with Crippen LogP contribution < -0.4 is 5.32 Å². The number of hydrogen-bond acceptors (Lipinski definition) is 6. The van der Waals surface area contributed by atoms with Gasteiger partial charge in [-0.05, 0) is 62.1 Å². The minimum Gasteiger partial charge on any atom is -0.323 e. The summed E-state index contributed by atoms with van der Waals surface area (Å²) in [5.74, 6) is -0.108. The molecule has 0 bridgehead atoms. The van der Waals surface area contributed by atoms with Crippen molar-refractivity contribution in [3.63, 3.8) is 0 Å². The first-order valence-corrected chi connectivity index (χ1v) is 11.5. The van der Waals surface area contributed by atoms with Gasteiger partial charge in [-0.2, -0.15) is 0 Å². The molecule has 5 rings (SSSR count). The lowest BCUT2D eigenvalue weighted by Gasteiger charge is -2.40. The predicted octanol–water partition coefficient (Wildman–Crippen LogP) is 3.65. The molecule has 4 heterocycles. The molecular formula is C23H25N5O2S. The predicted molar refractivity (Wildman–Crippen MR) is 120 cm³/mol. The zero-order valence-electron chi connectivity index (χ0n) is 17.7. The summed E-state index contributed by atoms with van der Waals surface area (Å²) in [4.78, 5) is 38.2. The highest BCUT2D eigenvalue weighted by molar-refractivity contribution is 7.16. The van der Waals surface area contributed by atoms with Crippen LogP contribution in [0.4, 0.5) is 4.79 Å². The summed E-state index contributed by atoms with van der Waals surface area (Å²) in [5, 5.41) is 3.01. The molecule has 160 valence electrons. The number of carbonyl (C=O) groups is 2. The Hall–Kier alpha value is -2.84. The van der Waals surface area contributed by atoms with E-state index in [1.165, 1.54) is 15.2 Å². The highest BCUT2D eigenvalue weighted by atomic mass is 32.1. The molecule has 8 heteroatoms. The van der Waals surface area contributed by atoms with Crippen molar-refractivity contribution in [3.05, 3.63) is 58.9 Å². The van der Waals surface area contributed by atoms with Gasteiger partial charge in [0.1, 0.15) is 5.54 Å². The molecule has 2 saturated heterocycles. The lowest BCUT2D eigenvalue weighted by Crippen LogP contribution is -2.55. The van der Waals surface area contributed by atoms with Gasteiger partial charge in [0.2, 0.25) is 0 Å². The number of hydrogen-bond donors (Lipinski definition) is 1. The van der Waals surface area contributed by atoms with Gasteiger partial charge in [0.05, 0.1) is 22.3 Å². The van der Waals surface area contributed by atoms with Crippen LogP contribution in [0.3, 0.4) is 0 Å². The molecular weight excluding hydrogens is 410 g/mol. The number of pyridine rings is 1. The lowest BCUT2D eigenvalue weighted by molar-refractivity contribution is -0.133. The molecule has 31 heavy (non-hydrogen) atoms. The van der Waals surface area contributed by atoms with Crippen molar-refractivity contribution in [1.82, 2.24) is 25.1 Å². The number of amides is 3. The average Bonchev–Trinajstić information content (AvgIpc) is 3.32. The van der Waals surface area contributed by atoms with E-state index in [-0.39, 0.29) is 24.5 Å². The first kappa shape index (κ1) is 20.1. The highest BCUT2D eigenvalue weighted by Gasteiger charge is 2.52. The number of nitrogens with one attached hydrogen (secondary N) is 1. The third-order valence-electron chi connectivity index (χ3n) is 6.58. The first-order valence-electron chi connectivity index (χ1n) is 10.6. The molecule has 0 saturated carbocycles. The van der Waals surface area contributed by atoms with Crippen molar-refractivity contribution >= 4 is 33.5 Å². The molecule has 1 aromatic carbocycles. The number of nitrogens with zero attached hydrogens (tertiary/aromatic N) is 4.